The number of halogens is 5. The molecule has 3 N–H and O–H groups in total. The van der Waals surface area contributed by atoms with Gasteiger partial charge in [0.05, 0.1) is 53.6 Å². The molecule has 0 bridgehead atoms. The lowest BCUT2D eigenvalue weighted by atomic mass is 10.0. The third-order valence-electron chi connectivity index (χ3n) is 4.32. The Kier molecular flexibility index (Phi) is 5.97. The van der Waals surface area contributed by atoms with E-state index >= 15 is 0 Å². The van der Waals surface area contributed by atoms with Crippen LogP contribution < -0.4 is 10.6 Å². The fourth-order valence-electron chi connectivity index (χ4n) is 2.74. The average molecular weight is 434 g/mol. The molecule has 1 aromatic carbocycles. The number of amides is 1. The molecule has 11 heteroatoms. The third-order valence-corrected chi connectivity index (χ3v) is 4.65. The number of hydrogen-bond acceptors (Lipinski definition) is 5. The van der Waals surface area contributed by atoms with Gasteiger partial charge < -0.3 is 20.5 Å². The van der Waals surface area contributed by atoms with Gasteiger partial charge in [-0.15, -0.1) is 0 Å². The molecule has 1 unspecified atom stereocenters. The van der Waals surface area contributed by atoms with Crippen molar-refractivity contribution in [3.8, 4) is 0 Å². The number of pyridine rings is 1. The van der Waals surface area contributed by atoms with Crippen molar-refractivity contribution in [2.75, 3.05) is 18.5 Å². The molecule has 3 rings (SSSR count). The molecule has 1 amide bonds. The summed E-state index contributed by atoms with van der Waals surface area (Å²) in [6.07, 6.45) is -3.36. The molecule has 0 saturated carbocycles. The Balaban J connectivity index is 1.71. The van der Waals surface area contributed by atoms with E-state index in [1.165, 1.54) is 12.3 Å². The van der Waals surface area contributed by atoms with Crippen LogP contribution in [0.4, 0.5) is 28.9 Å². The smallest absolute Gasteiger partial charge is 0.378 e. The van der Waals surface area contributed by atoms with Gasteiger partial charge in [-0.05, 0) is 24.3 Å². The number of aliphatic hydroxyl groups is 1. The number of rotatable bonds is 5. The summed E-state index contributed by atoms with van der Waals surface area (Å²) in [6, 6.07) is 3.57. The number of nitrogens with one attached hydrogen (secondary N) is 2. The standard InChI is InChI=1S/C18H16ClF4N3O3/c19-13-6-11(26-14-2-1-10(20)5-12(14)18(21,22)23)7-24-15(13)8-25-16(27)17(28)3-4-29-9-17/h1-2,5-7,26,28H,3-4,8-9H2,(H,25,27). The van der Waals surface area contributed by atoms with Crippen molar-refractivity contribution in [2.45, 2.75) is 24.7 Å². The van der Waals surface area contributed by atoms with Crippen LogP contribution in [0.5, 0.6) is 0 Å². The number of carbonyl (C=O) groups is 1. The molecule has 1 fully saturated rings. The van der Waals surface area contributed by atoms with Crippen LogP contribution >= 0.6 is 11.6 Å². The summed E-state index contributed by atoms with van der Waals surface area (Å²) in [7, 11) is 0. The molecular formula is C18H16ClF4N3O3. The van der Waals surface area contributed by atoms with E-state index in [-0.39, 0.29) is 48.3 Å². The zero-order valence-electron chi connectivity index (χ0n) is 14.8. The fourth-order valence-corrected chi connectivity index (χ4v) is 2.98. The minimum atomic E-state index is -4.75. The lowest BCUT2D eigenvalue weighted by Crippen LogP contribution is -2.47. The number of carbonyl (C=O) groups excluding carboxylic acids is 1. The molecule has 2 aromatic rings. The molecule has 1 saturated heterocycles. The van der Waals surface area contributed by atoms with Crippen molar-refractivity contribution in [3.05, 3.63) is 52.6 Å². The molecule has 0 spiro atoms. The van der Waals surface area contributed by atoms with Crippen LogP contribution in [0.3, 0.4) is 0 Å². The highest BCUT2D eigenvalue weighted by atomic mass is 35.5. The second-order valence-electron chi connectivity index (χ2n) is 6.48. The Morgan fingerprint density at radius 3 is 2.72 bits per heavy atom. The summed E-state index contributed by atoms with van der Waals surface area (Å²) >= 11 is 6.11. The van der Waals surface area contributed by atoms with Crippen LogP contribution in [0.15, 0.2) is 30.5 Å². The van der Waals surface area contributed by atoms with E-state index in [1.807, 2.05) is 0 Å². The van der Waals surface area contributed by atoms with Gasteiger partial charge in [-0.1, -0.05) is 11.6 Å². The number of nitrogens with zero attached hydrogens (tertiary/aromatic N) is 1. The first-order valence-corrected chi connectivity index (χ1v) is 8.83. The molecule has 2 heterocycles. The number of benzene rings is 1. The predicted molar refractivity (Wildman–Crippen MR) is 96.2 cm³/mol. The van der Waals surface area contributed by atoms with Crippen molar-refractivity contribution in [1.29, 1.82) is 0 Å². The molecule has 1 aliphatic heterocycles. The first kappa shape index (κ1) is 21.3. The van der Waals surface area contributed by atoms with E-state index in [1.54, 1.807) is 0 Å². The van der Waals surface area contributed by atoms with Crippen LogP contribution in [-0.2, 0) is 22.3 Å². The Bertz CT molecular complexity index is 918. The highest BCUT2D eigenvalue weighted by Crippen LogP contribution is 2.36. The number of ether oxygens (including phenoxy) is 1. The summed E-state index contributed by atoms with van der Waals surface area (Å²) in [5, 5.41) is 15.2. The van der Waals surface area contributed by atoms with Crippen molar-refractivity contribution in [1.82, 2.24) is 10.3 Å². The predicted octanol–water partition coefficient (Wildman–Crippen LogP) is 3.40. The summed E-state index contributed by atoms with van der Waals surface area (Å²) in [5.41, 5.74) is -2.74. The highest BCUT2D eigenvalue weighted by Gasteiger charge is 2.40. The second-order valence-corrected chi connectivity index (χ2v) is 6.89. The van der Waals surface area contributed by atoms with Crippen LogP contribution in [0.2, 0.25) is 5.02 Å². The molecular weight excluding hydrogens is 418 g/mol. The zero-order valence-corrected chi connectivity index (χ0v) is 15.6. The van der Waals surface area contributed by atoms with Crippen LogP contribution in [0, 0.1) is 5.82 Å². The topological polar surface area (TPSA) is 83.5 Å². The lowest BCUT2D eigenvalue weighted by Gasteiger charge is -2.19. The number of hydrogen-bond donors (Lipinski definition) is 3. The summed E-state index contributed by atoms with van der Waals surface area (Å²) in [4.78, 5) is 16.1. The lowest BCUT2D eigenvalue weighted by molar-refractivity contribution is -0.139. The summed E-state index contributed by atoms with van der Waals surface area (Å²) in [5.74, 6) is -1.64. The van der Waals surface area contributed by atoms with Gasteiger partial charge in [0.1, 0.15) is 5.82 Å². The molecule has 1 aliphatic rings. The average Bonchev–Trinajstić information content (AvgIpc) is 3.09. The van der Waals surface area contributed by atoms with E-state index in [0.717, 1.165) is 12.1 Å². The van der Waals surface area contributed by atoms with Gasteiger partial charge in [0.2, 0.25) is 0 Å². The van der Waals surface area contributed by atoms with Crippen LogP contribution in [0.1, 0.15) is 17.7 Å². The number of aromatic nitrogens is 1. The van der Waals surface area contributed by atoms with E-state index in [2.05, 4.69) is 15.6 Å². The van der Waals surface area contributed by atoms with Gasteiger partial charge >= 0.3 is 6.18 Å². The second kappa shape index (κ2) is 8.13. The Hall–Kier alpha value is -2.43. The number of anilines is 2. The van der Waals surface area contributed by atoms with E-state index < -0.39 is 29.1 Å². The van der Waals surface area contributed by atoms with E-state index in [4.69, 9.17) is 16.3 Å². The maximum atomic E-state index is 13.2. The summed E-state index contributed by atoms with van der Waals surface area (Å²) < 4.78 is 57.5. The first-order valence-electron chi connectivity index (χ1n) is 8.45. The zero-order chi connectivity index (χ0) is 21.2. The first-order chi connectivity index (χ1) is 13.6. The normalized spacial score (nSPS) is 19.2. The van der Waals surface area contributed by atoms with Gasteiger partial charge in [-0.2, -0.15) is 13.2 Å². The molecule has 1 atom stereocenters. The monoisotopic (exact) mass is 433 g/mol. The highest BCUT2D eigenvalue weighted by molar-refractivity contribution is 6.31. The molecule has 1 aromatic heterocycles. The van der Waals surface area contributed by atoms with Crippen molar-refractivity contribution >= 4 is 28.9 Å². The Morgan fingerprint density at radius 2 is 2.10 bits per heavy atom. The van der Waals surface area contributed by atoms with Crippen molar-refractivity contribution in [3.63, 3.8) is 0 Å². The molecule has 29 heavy (non-hydrogen) atoms. The third kappa shape index (κ3) is 4.95. The van der Waals surface area contributed by atoms with E-state index in [0.29, 0.717) is 6.07 Å². The Morgan fingerprint density at radius 1 is 1.34 bits per heavy atom. The number of alkyl halides is 3. The summed E-state index contributed by atoms with van der Waals surface area (Å²) in [6.45, 7) is 0.0687. The quantitative estimate of drug-likeness (QED) is 0.629. The maximum absolute atomic E-state index is 13.2. The Labute approximate surface area is 167 Å². The van der Waals surface area contributed by atoms with Crippen molar-refractivity contribution < 1.29 is 32.2 Å². The molecule has 6 nitrogen and oxygen atoms in total. The van der Waals surface area contributed by atoms with Gasteiger partial charge in [0, 0.05) is 6.42 Å². The van der Waals surface area contributed by atoms with Gasteiger partial charge in [-0.25, -0.2) is 4.39 Å². The molecule has 0 aliphatic carbocycles. The van der Waals surface area contributed by atoms with E-state index in [9.17, 15) is 27.5 Å². The molecule has 0 radical (unpaired) electrons. The van der Waals surface area contributed by atoms with Crippen LogP contribution in [0.25, 0.3) is 0 Å². The maximum Gasteiger partial charge on any atom is 0.418 e. The van der Waals surface area contributed by atoms with Gasteiger partial charge in [0.25, 0.3) is 5.91 Å². The minimum Gasteiger partial charge on any atom is -0.378 e. The van der Waals surface area contributed by atoms with Gasteiger partial charge in [-0.3, -0.25) is 9.78 Å². The SMILES string of the molecule is O=C(NCc1ncc(Nc2ccc(F)cc2C(F)(F)F)cc1Cl)C1(O)CCOC1. The van der Waals surface area contributed by atoms with Crippen LogP contribution in [-0.4, -0.2) is 34.8 Å². The molecule has 156 valence electrons. The fraction of sp³-hybridized carbons (Fsp3) is 0.333. The largest absolute Gasteiger partial charge is 0.418 e. The minimum absolute atomic E-state index is 0.0839. The van der Waals surface area contributed by atoms with Gasteiger partial charge in [0.15, 0.2) is 5.60 Å². The van der Waals surface area contributed by atoms with Crippen molar-refractivity contribution in [2.24, 2.45) is 0 Å².